The van der Waals surface area contributed by atoms with Gasteiger partial charge in [0.25, 0.3) is 0 Å². The van der Waals surface area contributed by atoms with E-state index < -0.39 is 11.6 Å². The van der Waals surface area contributed by atoms with E-state index in [-0.39, 0.29) is 55.3 Å². The Morgan fingerprint density at radius 3 is 2.24 bits per heavy atom. The summed E-state index contributed by atoms with van der Waals surface area (Å²) >= 11 is 0. The average molecular weight is 394 g/mol. The molecule has 8 heteroatoms. The van der Waals surface area contributed by atoms with Crippen molar-refractivity contribution in [2.24, 2.45) is 11.7 Å². The summed E-state index contributed by atoms with van der Waals surface area (Å²) in [7, 11) is 0. The maximum atomic E-state index is 13.7. The van der Waals surface area contributed by atoms with Gasteiger partial charge in [-0.05, 0) is 49.5 Å². The minimum atomic E-state index is -0.559. The van der Waals surface area contributed by atoms with E-state index in [0.717, 1.165) is 32.0 Å². The van der Waals surface area contributed by atoms with Crippen LogP contribution >= 0.6 is 24.8 Å². The third kappa shape index (κ3) is 3.37. The molecule has 0 aromatic heterocycles. The molecule has 1 aromatic rings. The summed E-state index contributed by atoms with van der Waals surface area (Å²) in [6.45, 7) is 2.50. The van der Waals surface area contributed by atoms with Crippen molar-refractivity contribution in [1.29, 1.82) is 0 Å². The van der Waals surface area contributed by atoms with Gasteiger partial charge in [0.1, 0.15) is 11.6 Å². The van der Waals surface area contributed by atoms with Gasteiger partial charge in [-0.2, -0.15) is 0 Å². The molecule has 0 unspecified atom stereocenters. The van der Waals surface area contributed by atoms with Crippen LogP contribution in [0, 0.1) is 17.6 Å². The van der Waals surface area contributed by atoms with Crippen molar-refractivity contribution >= 4 is 30.7 Å². The number of hydrogen-bond acceptors (Lipinski definition) is 3. The number of hydrogen-bond donors (Lipinski definition) is 1. The van der Waals surface area contributed by atoms with Crippen LogP contribution in [-0.2, 0) is 4.79 Å². The molecule has 1 aromatic carbocycles. The lowest BCUT2D eigenvalue weighted by Crippen LogP contribution is -2.61. The fraction of sp³-hybridized carbons (Fsp3) is 0.588. The second-order valence-corrected chi connectivity index (χ2v) is 6.91. The quantitative estimate of drug-likeness (QED) is 0.837. The van der Waals surface area contributed by atoms with Gasteiger partial charge in [0.15, 0.2) is 0 Å². The van der Waals surface area contributed by atoms with Crippen LogP contribution < -0.4 is 5.73 Å². The molecule has 140 valence electrons. The van der Waals surface area contributed by atoms with Crippen LogP contribution in [-0.4, -0.2) is 54.0 Å². The SMILES string of the molecule is Cl.Cl.NCC(=O)N1C[C@@H](c2cc(F)cc(F)c2)[C@@H]2[C@H]1C1CCN2CC1. The minimum Gasteiger partial charge on any atom is -0.336 e. The van der Waals surface area contributed by atoms with Crippen LogP contribution in [0.4, 0.5) is 8.78 Å². The highest BCUT2D eigenvalue weighted by molar-refractivity contribution is 5.85. The van der Waals surface area contributed by atoms with Gasteiger partial charge in [-0.3, -0.25) is 9.69 Å². The molecule has 4 aliphatic rings. The zero-order valence-corrected chi connectivity index (χ0v) is 15.4. The lowest BCUT2D eigenvalue weighted by Gasteiger charge is -2.51. The lowest BCUT2D eigenvalue weighted by molar-refractivity contribution is -0.134. The number of nitrogens with two attached hydrogens (primary N) is 1. The number of carbonyl (C=O) groups excluding carboxylic acids is 1. The number of likely N-dealkylation sites (tertiary alicyclic amines) is 1. The van der Waals surface area contributed by atoms with Crippen LogP contribution in [0.5, 0.6) is 0 Å². The minimum absolute atomic E-state index is 0. The van der Waals surface area contributed by atoms with Crippen LogP contribution in [0.2, 0.25) is 0 Å². The van der Waals surface area contributed by atoms with Gasteiger partial charge in [0.2, 0.25) is 5.91 Å². The molecule has 0 radical (unpaired) electrons. The van der Waals surface area contributed by atoms with Crippen LogP contribution in [0.15, 0.2) is 18.2 Å². The number of nitrogens with zero attached hydrogens (tertiary/aromatic N) is 2. The Kier molecular flexibility index (Phi) is 6.30. The van der Waals surface area contributed by atoms with Crippen molar-refractivity contribution in [3.05, 3.63) is 35.4 Å². The van der Waals surface area contributed by atoms with Crippen molar-refractivity contribution < 1.29 is 13.6 Å². The maximum Gasteiger partial charge on any atom is 0.236 e. The highest BCUT2D eigenvalue weighted by Crippen LogP contribution is 2.46. The highest BCUT2D eigenvalue weighted by Gasteiger charge is 2.54. The second kappa shape index (κ2) is 7.74. The van der Waals surface area contributed by atoms with E-state index in [2.05, 4.69) is 4.90 Å². The molecule has 0 spiro atoms. The summed E-state index contributed by atoms with van der Waals surface area (Å²) in [5.41, 5.74) is 6.23. The predicted molar refractivity (Wildman–Crippen MR) is 96.2 cm³/mol. The van der Waals surface area contributed by atoms with Gasteiger partial charge < -0.3 is 10.6 Å². The molecule has 3 atom stereocenters. The summed E-state index contributed by atoms with van der Waals surface area (Å²) in [6.07, 6.45) is 2.17. The molecule has 4 heterocycles. The van der Waals surface area contributed by atoms with E-state index in [1.165, 1.54) is 12.1 Å². The number of fused-ring (bicyclic) bond motifs is 2. The van der Waals surface area contributed by atoms with E-state index in [1.807, 2.05) is 4.90 Å². The zero-order chi connectivity index (χ0) is 16.1. The molecule has 0 saturated carbocycles. The lowest BCUT2D eigenvalue weighted by atomic mass is 9.75. The van der Waals surface area contributed by atoms with Gasteiger partial charge in [-0.1, -0.05) is 0 Å². The van der Waals surface area contributed by atoms with Crippen molar-refractivity contribution in [2.75, 3.05) is 26.2 Å². The molecule has 2 bridgehead atoms. The van der Waals surface area contributed by atoms with Crippen molar-refractivity contribution in [2.45, 2.75) is 30.8 Å². The zero-order valence-electron chi connectivity index (χ0n) is 13.7. The van der Waals surface area contributed by atoms with Crippen LogP contribution in [0.3, 0.4) is 0 Å². The number of amides is 1. The Morgan fingerprint density at radius 1 is 1.08 bits per heavy atom. The molecule has 1 amide bonds. The first kappa shape index (κ1) is 20.4. The monoisotopic (exact) mass is 393 g/mol. The Balaban J connectivity index is 0.00000113. The Labute approximate surface area is 158 Å². The maximum absolute atomic E-state index is 13.7. The molecule has 5 rings (SSSR count). The van der Waals surface area contributed by atoms with Crippen LogP contribution in [0.1, 0.15) is 24.3 Å². The molecule has 4 nitrogen and oxygen atoms in total. The van der Waals surface area contributed by atoms with Gasteiger partial charge in [0, 0.05) is 24.6 Å². The highest BCUT2D eigenvalue weighted by atomic mass is 35.5. The third-order valence-corrected chi connectivity index (χ3v) is 5.80. The number of rotatable bonds is 2. The van der Waals surface area contributed by atoms with Gasteiger partial charge in [-0.25, -0.2) is 8.78 Å². The largest absolute Gasteiger partial charge is 0.336 e. The van der Waals surface area contributed by atoms with Crippen molar-refractivity contribution in [3.8, 4) is 0 Å². The number of carbonyl (C=O) groups is 1. The van der Waals surface area contributed by atoms with E-state index in [9.17, 15) is 13.6 Å². The molecular formula is C17H23Cl2F2N3O. The Morgan fingerprint density at radius 2 is 1.68 bits per heavy atom. The van der Waals surface area contributed by atoms with Crippen LogP contribution in [0.25, 0.3) is 0 Å². The van der Waals surface area contributed by atoms with E-state index in [1.54, 1.807) is 0 Å². The summed E-state index contributed by atoms with van der Waals surface area (Å²) in [4.78, 5) is 16.6. The second-order valence-electron chi connectivity index (χ2n) is 6.91. The Bertz CT molecular complexity index is 620. The first-order chi connectivity index (χ1) is 11.1. The fourth-order valence-corrected chi connectivity index (χ4v) is 4.90. The van der Waals surface area contributed by atoms with Gasteiger partial charge in [-0.15, -0.1) is 24.8 Å². The summed E-state index contributed by atoms with van der Waals surface area (Å²) < 4.78 is 27.3. The Hall–Kier alpha value is -0.950. The first-order valence-electron chi connectivity index (χ1n) is 8.28. The number of piperidine rings is 3. The molecular weight excluding hydrogens is 371 g/mol. The van der Waals surface area contributed by atoms with Gasteiger partial charge in [0.05, 0.1) is 12.6 Å². The molecule has 25 heavy (non-hydrogen) atoms. The van der Waals surface area contributed by atoms with E-state index >= 15 is 0 Å². The normalized spacial score (nSPS) is 32.6. The number of halogens is 4. The van der Waals surface area contributed by atoms with E-state index in [4.69, 9.17) is 5.73 Å². The first-order valence-corrected chi connectivity index (χ1v) is 8.28. The van der Waals surface area contributed by atoms with Crippen molar-refractivity contribution in [1.82, 2.24) is 9.80 Å². The average Bonchev–Trinajstić information content (AvgIpc) is 2.97. The molecule has 4 aliphatic heterocycles. The molecule has 2 N–H and O–H groups in total. The summed E-state index contributed by atoms with van der Waals surface area (Å²) in [6, 6.07) is 3.99. The topological polar surface area (TPSA) is 49.6 Å². The standard InChI is InChI=1S/C17H21F2N3O.2ClH/c18-12-5-11(6-13(19)7-12)14-9-22(15(23)8-20)16-10-1-3-21(4-2-10)17(14)16;;/h5-7,10,14,16-17H,1-4,8-9,20H2;2*1H/t14-,16+,17+;;/m0../s1. The third-order valence-electron chi connectivity index (χ3n) is 5.80. The number of benzene rings is 1. The van der Waals surface area contributed by atoms with Crippen molar-refractivity contribution in [3.63, 3.8) is 0 Å². The molecule has 4 fully saturated rings. The summed E-state index contributed by atoms with van der Waals surface area (Å²) in [5, 5.41) is 0. The molecule has 4 saturated heterocycles. The predicted octanol–water partition coefficient (Wildman–Crippen LogP) is 2.16. The summed E-state index contributed by atoms with van der Waals surface area (Å²) in [5.74, 6) is -0.756. The smallest absolute Gasteiger partial charge is 0.236 e. The molecule has 0 aliphatic carbocycles. The van der Waals surface area contributed by atoms with Gasteiger partial charge >= 0.3 is 0 Å². The fourth-order valence-electron chi connectivity index (χ4n) is 4.90. The van der Waals surface area contributed by atoms with E-state index in [0.29, 0.717) is 18.0 Å².